The monoisotopic (exact) mass is 136 g/mol. The molecule has 0 aliphatic carbocycles. The van der Waals surface area contributed by atoms with Crippen LogP contribution in [0.2, 0.25) is 0 Å². The Labute approximate surface area is 55.3 Å². The van der Waals surface area contributed by atoms with Gasteiger partial charge in [0.25, 0.3) is 0 Å². The molecule has 1 atom stereocenters. The van der Waals surface area contributed by atoms with Crippen LogP contribution in [0.15, 0.2) is 0 Å². The van der Waals surface area contributed by atoms with Crippen molar-refractivity contribution >= 4 is 12.6 Å². The van der Waals surface area contributed by atoms with Gasteiger partial charge in [0.15, 0.2) is 6.29 Å². The third kappa shape index (κ3) is 6.27. The van der Waals surface area contributed by atoms with Gasteiger partial charge in [0.05, 0.1) is 6.61 Å². The summed E-state index contributed by atoms with van der Waals surface area (Å²) in [5.41, 5.74) is 0. The first-order chi connectivity index (χ1) is 3.77. The SMILES string of the molecule is CC(O)OCCCS. The van der Waals surface area contributed by atoms with Gasteiger partial charge in [0.2, 0.25) is 0 Å². The highest BCUT2D eigenvalue weighted by Gasteiger charge is 1.90. The summed E-state index contributed by atoms with van der Waals surface area (Å²) in [6, 6.07) is 0. The molecule has 0 aliphatic heterocycles. The van der Waals surface area contributed by atoms with Gasteiger partial charge in [-0.2, -0.15) is 12.6 Å². The molecule has 0 saturated heterocycles. The van der Waals surface area contributed by atoms with Crippen LogP contribution in [-0.4, -0.2) is 23.8 Å². The van der Waals surface area contributed by atoms with E-state index in [0.717, 1.165) is 12.2 Å². The molecule has 0 aromatic rings. The normalized spacial score (nSPS) is 13.9. The zero-order valence-electron chi connectivity index (χ0n) is 5.00. The minimum atomic E-state index is -0.630. The van der Waals surface area contributed by atoms with E-state index in [4.69, 9.17) is 9.84 Å². The molecule has 0 aromatic carbocycles. The Morgan fingerprint density at radius 1 is 1.75 bits per heavy atom. The fourth-order valence-corrected chi connectivity index (χ4v) is 0.448. The third-order valence-electron chi connectivity index (χ3n) is 0.662. The first kappa shape index (κ1) is 8.27. The molecular formula is C5H12O2S. The molecule has 0 saturated carbocycles. The van der Waals surface area contributed by atoms with E-state index in [2.05, 4.69) is 12.6 Å². The van der Waals surface area contributed by atoms with Crippen LogP contribution in [0.5, 0.6) is 0 Å². The fraction of sp³-hybridized carbons (Fsp3) is 1.00. The quantitative estimate of drug-likeness (QED) is 0.338. The highest BCUT2D eigenvalue weighted by atomic mass is 32.1. The van der Waals surface area contributed by atoms with E-state index in [1.54, 1.807) is 6.92 Å². The molecule has 8 heavy (non-hydrogen) atoms. The van der Waals surface area contributed by atoms with Gasteiger partial charge in [0.1, 0.15) is 0 Å². The number of aliphatic hydroxyl groups is 1. The standard InChI is InChI=1S/C5H12O2S/c1-5(6)7-3-2-4-8/h5-6,8H,2-4H2,1H3. The number of ether oxygens (including phenoxy) is 1. The molecule has 0 fully saturated rings. The summed E-state index contributed by atoms with van der Waals surface area (Å²) in [5, 5.41) is 8.53. The predicted octanol–water partition coefficient (Wildman–Crippen LogP) is 0.661. The fourth-order valence-electron chi connectivity index (χ4n) is 0.318. The Bertz CT molecular complexity index is 47.7. The minimum Gasteiger partial charge on any atom is -0.368 e. The van der Waals surface area contributed by atoms with Crippen LogP contribution in [0.1, 0.15) is 13.3 Å². The number of thiol groups is 1. The second-order valence-electron chi connectivity index (χ2n) is 1.55. The van der Waals surface area contributed by atoms with Crippen molar-refractivity contribution in [2.24, 2.45) is 0 Å². The molecule has 50 valence electrons. The molecule has 0 aromatic heterocycles. The number of rotatable bonds is 4. The summed E-state index contributed by atoms with van der Waals surface area (Å²) >= 11 is 3.96. The second-order valence-corrected chi connectivity index (χ2v) is 1.99. The zero-order chi connectivity index (χ0) is 6.41. The maximum atomic E-state index is 8.53. The molecule has 0 bridgehead atoms. The van der Waals surface area contributed by atoms with E-state index < -0.39 is 6.29 Å². The first-order valence-corrected chi connectivity index (χ1v) is 3.31. The maximum Gasteiger partial charge on any atom is 0.151 e. The summed E-state index contributed by atoms with van der Waals surface area (Å²) in [6.45, 7) is 2.19. The van der Waals surface area contributed by atoms with Gasteiger partial charge in [-0.1, -0.05) is 0 Å². The topological polar surface area (TPSA) is 29.5 Å². The Balaban J connectivity index is 2.72. The van der Waals surface area contributed by atoms with E-state index in [0.29, 0.717) is 6.61 Å². The lowest BCUT2D eigenvalue weighted by molar-refractivity contribution is -0.0844. The smallest absolute Gasteiger partial charge is 0.151 e. The van der Waals surface area contributed by atoms with E-state index in [9.17, 15) is 0 Å². The molecule has 0 aliphatic rings. The van der Waals surface area contributed by atoms with Gasteiger partial charge in [-0.05, 0) is 19.1 Å². The Morgan fingerprint density at radius 3 is 2.75 bits per heavy atom. The van der Waals surface area contributed by atoms with Crippen LogP contribution in [0.3, 0.4) is 0 Å². The van der Waals surface area contributed by atoms with E-state index >= 15 is 0 Å². The van der Waals surface area contributed by atoms with Crippen LogP contribution in [-0.2, 0) is 4.74 Å². The van der Waals surface area contributed by atoms with Crippen LogP contribution in [0.4, 0.5) is 0 Å². The molecule has 0 amide bonds. The Hall–Kier alpha value is 0.270. The maximum absolute atomic E-state index is 8.53. The van der Waals surface area contributed by atoms with Gasteiger partial charge in [-0.25, -0.2) is 0 Å². The average Bonchev–Trinajstić information content (AvgIpc) is 1.66. The lowest BCUT2D eigenvalue weighted by Crippen LogP contribution is -2.07. The van der Waals surface area contributed by atoms with Crippen LogP contribution >= 0.6 is 12.6 Å². The average molecular weight is 136 g/mol. The molecule has 0 heterocycles. The van der Waals surface area contributed by atoms with Crippen molar-refractivity contribution in [3.05, 3.63) is 0 Å². The second kappa shape index (κ2) is 5.41. The van der Waals surface area contributed by atoms with Gasteiger partial charge < -0.3 is 9.84 Å². The van der Waals surface area contributed by atoms with Crippen molar-refractivity contribution in [1.29, 1.82) is 0 Å². The molecule has 0 spiro atoms. The lowest BCUT2D eigenvalue weighted by Gasteiger charge is -2.03. The first-order valence-electron chi connectivity index (χ1n) is 2.68. The van der Waals surface area contributed by atoms with Crippen molar-refractivity contribution in [3.8, 4) is 0 Å². The van der Waals surface area contributed by atoms with Crippen molar-refractivity contribution in [2.45, 2.75) is 19.6 Å². The van der Waals surface area contributed by atoms with Gasteiger partial charge in [0, 0.05) is 0 Å². The number of hydrogen-bond donors (Lipinski definition) is 2. The van der Waals surface area contributed by atoms with Crippen molar-refractivity contribution in [2.75, 3.05) is 12.4 Å². The van der Waals surface area contributed by atoms with Crippen molar-refractivity contribution < 1.29 is 9.84 Å². The largest absolute Gasteiger partial charge is 0.368 e. The molecule has 0 rings (SSSR count). The summed E-state index contributed by atoms with van der Waals surface area (Å²) < 4.78 is 4.79. The van der Waals surface area contributed by atoms with Crippen molar-refractivity contribution in [1.82, 2.24) is 0 Å². The third-order valence-corrected chi connectivity index (χ3v) is 0.978. The minimum absolute atomic E-state index is 0.598. The van der Waals surface area contributed by atoms with E-state index in [1.165, 1.54) is 0 Å². The number of hydrogen-bond acceptors (Lipinski definition) is 3. The van der Waals surface area contributed by atoms with Crippen LogP contribution in [0.25, 0.3) is 0 Å². The summed E-state index contributed by atoms with van der Waals surface area (Å²) in [7, 11) is 0. The Kier molecular flexibility index (Phi) is 5.59. The Morgan fingerprint density at radius 2 is 2.38 bits per heavy atom. The summed E-state index contributed by atoms with van der Waals surface area (Å²) in [6.07, 6.45) is 0.267. The summed E-state index contributed by atoms with van der Waals surface area (Å²) in [4.78, 5) is 0. The highest BCUT2D eigenvalue weighted by molar-refractivity contribution is 7.80. The zero-order valence-corrected chi connectivity index (χ0v) is 5.90. The summed E-state index contributed by atoms with van der Waals surface area (Å²) in [5.74, 6) is 0.812. The van der Waals surface area contributed by atoms with Gasteiger partial charge >= 0.3 is 0 Å². The number of aliphatic hydroxyl groups excluding tert-OH is 1. The van der Waals surface area contributed by atoms with Crippen LogP contribution < -0.4 is 0 Å². The predicted molar refractivity (Wildman–Crippen MR) is 36.1 cm³/mol. The van der Waals surface area contributed by atoms with Gasteiger partial charge in [-0.3, -0.25) is 0 Å². The lowest BCUT2D eigenvalue weighted by atomic mass is 10.5. The molecule has 0 radical (unpaired) electrons. The van der Waals surface area contributed by atoms with Gasteiger partial charge in [-0.15, -0.1) is 0 Å². The highest BCUT2D eigenvalue weighted by Crippen LogP contribution is 1.88. The molecule has 1 N–H and O–H groups in total. The van der Waals surface area contributed by atoms with E-state index in [-0.39, 0.29) is 0 Å². The van der Waals surface area contributed by atoms with E-state index in [1.807, 2.05) is 0 Å². The molecule has 2 nitrogen and oxygen atoms in total. The molecular weight excluding hydrogens is 124 g/mol. The molecule has 3 heteroatoms. The molecule has 1 unspecified atom stereocenters. The van der Waals surface area contributed by atoms with Crippen molar-refractivity contribution in [3.63, 3.8) is 0 Å². The van der Waals surface area contributed by atoms with Crippen LogP contribution in [0, 0.1) is 0 Å².